The Morgan fingerprint density at radius 2 is 2.00 bits per heavy atom. The maximum atomic E-state index is 12.8. The number of hydrogen-bond acceptors (Lipinski definition) is 9. The Morgan fingerprint density at radius 3 is 2.68 bits per heavy atom. The Hall–Kier alpha value is -3.97. The number of amides is 2. The average molecular weight is 485 g/mol. The maximum Gasteiger partial charge on any atom is 0.270 e. The van der Waals surface area contributed by atoms with Crippen LogP contribution in [0.4, 0.5) is 11.4 Å². The lowest BCUT2D eigenvalue weighted by Gasteiger charge is -2.08. The second kappa shape index (κ2) is 13.5. The summed E-state index contributed by atoms with van der Waals surface area (Å²) in [5.74, 6) is -1.04. The van der Waals surface area contributed by atoms with Gasteiger partial charge in [0.15, 0.2) is 5.57 Å². The van der Waals surface area contributed by atoms with E-state index < -0.39 is 5.91 Å². The summed E-state index contributed by atoms with van der Waals surface area (Å²) < 4.78 is 11.8. The van der Waals surface area contributed by atoms with Gasteiger partial charge in [-0.1, -0.05) is 6.07 Å². The van der Waals surface area contributed by atoms with Gasteiger partial charge in [0.2, 0.25) is 5.91 Å². The molecule has 0 aliphatic rings. The van der Waals surface area contributed by atoms with E-state index >= 15 is 0 Å². The highest BCUT2D eigenvalue weighted by Crippen LogP contribution is 2.15. The lowest BCUT2D eigenvalue weighted by molar-refractivity contribution is -0.121. The summed E-state index contributed by atoms with van der Waals surface area (Å²) in [4.78, 5) is 37.0. The van der Waals surface area contributed by atoms with Gasteiger partial charge in [-0.2, -0.15) is 10.5 Å². The van der Waals surface area contributed by atoms with Crippen LogP contribution in [-0.4, -0.2) is 49.9 Å². The van der Waals surface area contributed by atoms with Gasteiger partial charge in [0.1, 0.15) is 28.4 Å². The molecule has 2 amide bonds. The van der Waals surface area contributed by atoms with Crippen LogP contribution in [-0.2, 0) is 25.6 Å². The largest absolute Gasteiger partial charge is 0.382 e. The van der Waals surface area contributed by atoms with Crippen LogP contribution in [0.3, 0.4) is 0 Å². The molecule has 178 valence electrons. The van der Waals surface area contributed by atoms with Gasteiger partial charge >= 0.3 is 0 Å². The van der Waals surface area contributed by atoms with E-state index in [2.05, 4.69) is 16.0 Å². The van der Waals surface area contributed by atoms with E-state index in [0.29, 0.717) is 24.6 Å². The van der Waals surface area contributed by atoms with Crippen LogP contribution in [0, 0.1) is 22.7 Å². The number of aromatic nitrogens is 1. The van der Waals surface area contributed by atoms with Gasteiger partial charge in [-0.25, -0.2) is 0 Å². The van der Waals surface area contributed by atoms with Crippen molar-refractivity contribution in [1.82, 2.24) is 9.88 Å². The predicted molar refractivity (Wildman–Crippen MR) is 127 cm³/mol. The number of nitriles is 2. The molecular weight excluding hydrogens is 460 g/mol. The molecule has 0 unspecified atom stereocenters. The van der Waals surface area contributed by atoms with Gasteiger partial charge in [-0.3, -0.25) is 19.0 Å². The first kappa shape index (κ1) is 26.3. The van der Waals surface area contributed by atoms with Crippen LogP contribution >= 0.6 is 11.3 Å². The summed E-state index contributed by atoms with van der Waals surface area (Å²) in [5.41, 5.74) is 0.530. The lowest BCUT2D eigenvalue weighted by atomic mass is 10.2. The molecule has 1 aromatic carbocycles. The molecular formula is C22H24N6O5S. The van der Waals surface area contributed by atoms with Crippen molar-refractivity contribution in [2.75, 3.05) is 44.1 Å². The molecule has 0 aliphatic carbocycles. The number of anilines is 2. The maximum absolute atomic E-state index is 12.8. The Bertz CT molecular complexity index is 1280. The normalized spacial score (nSPS) is 11.8. The van der Waals surface area contributed by atoms with E-state index in [-0.39, 0.29) is 45.9 Å². The molecule has 0 spiro atoms. The molecule has 0 saturated heterocycles. The summed E-state index contributed by atoms with van der Waals surface area (Å²) in [7, 11) is 1.54. The second-order valence-electron chi connectivity index (χ2n) is 6.61. The van der Waals surface area contributed by atoms with Crippen molar-refractivity contribution in [3.63, 3.8) is 0 Å². The summed E-state index contributed by atoms with van der Waals surface area (Å²) >= 11 is 0.985. The van der Waals surface area contributed by atoms with Crippen LogP contribution in [0.25, 0.3) is 11.8 Å². The molecule has 3 N–H and O–H groups in total. The number of benzene rings is 1. The van der Waals surface area contributed by atoms with Crippen LogP contribution in [0.15, 0.2) is 29.1 Å². The first-order chi connectivity index (χ1) is 16.4. The van der Waals surface area contributed by atoms with Gasteiger partial charge in [-0.05, 0) is 25.1 Å². The molecule has 2 rings (SSSR count). The van der Waals surface area contributed by atoms with Gasteiger partial charge in [0.25, 0.3) is 11.5 Å². The number of methoxy groups -OCH3 is 1. The standard InChI is InChI=1S/C22H24N6O5S/c1-3-28-21(31)18(34-22(28)17(12-24)20(30)25-8-7-23)13-26-15-5-4-6-16(11-15)27-19(29)14-33-10-9-32-2/h4-6,11,13,26H,3,8-10,14H2,1-2H3,(H,25,30)(H,27,29)/b18-13+,22-17-. The number of carbonyl (C=O) groups excluding carboxylic acids is 2. The quantitative estimate of drug-likeness (QED) is 0.290. The molecule has 34 heavy (non-hydrogen) atoms. The Labute approximate surface area is 199 Å². The van der Waals surface area contributed by atoms with Crippen molar-refractivity contribution in [3.8, 4) is 12.1 Å². The van der Waals surface area contributed by atoms with Crippen molar-refractivity contribution < 1.29 is 19.1 Å². The van der Waals surface area contributed by atoms with Gasteiger partial charge < -0.3 is 25.4 Å². The molecule has 0 aliphatic heterocycles. The third-order valence-corrected chi connectivity index (χ3v) is 5.42. The minimum atomic E-state index is -0.721. The molecule has 1 heterocycles. The first-order valence-corrected chi connectivity index (χ1v) is 11.0. The summed E-state index contributed by atoms with van der Waals surface area (Å²) in [5, 5.41) is 26.1. The van der Waals surface area contributed by atoms with Crippen molar-refractivity contribution in [2.45, 2.75) is 13.5 Å². The Balaban J connectivity index is 2.26. The van der Waals surface area contributed by atoms with Crippen molar-refractivity contribution in [2.24, 2.45) is 0 Å². The third kappa shape index (κ3) is 7.28. The molecule has 1 aromatic heterocycles. The van der Waals surface area contributed by atoms with Crippen molar-refractivity contribution >= 4 is 46.3 Å². The fraction of sp³-hybridized carbons (Fsp3) is 0.318. The van der Waals surface area contributed by atoms with E-state index in [1.807, 2.05) is 6.07 Å². The van der Waals surface area contributed by atoms with Crippen molar-refractivity contribution in [1.29, 1.82) is 10.5 Å². The topological polar surface area (TPSA) is 158 Å². The Morgan fingerprint density at radius 1 is 1.24 bits per heavy atom. The summed E-state index contributed by atoms with van der Waals surface area (Å²) in [6.45, 7) is 2.32. The van der Waals surface area contributed by atoms with E-state index in [4.69, 9.17) is 14.7 Å². The summed E-state index contributed by atoms with van der Waals surface area (Å²) in [6, 6.07) is 10.4. The van der Waals surface area contributed by atoms with Crippen LogP contribution in [0.2, 0.25) is 0 Å². The number of ether oxygens (including phenoxy) is 2. The minimum absolute atomic E-state index is 0.110. The third-order valence-electron chi connectivity index (χ3n) is 4.29. The van der Waals surface area contributed by atoms with E-state index in [0.717, 1.165) is 11.3 Å². The highest BCUT2D eigenvalue weighted by atomic mass is 32.1. The number of nitrogens with zero attached hydrogens (tertiary/aromatic N) is 3. The molecule has 0 bridgehead atoms. The van der Waals surface area contributed by atoms with Gasteiger partial charge in [0.05, 0.1) is 19.3 Å². The number of carbonyl (C=O) groups is 2. The smallest absolute Gasteiger partial charge is 0.270 e. The first-order valence-electron chi connectivity index (χ1n) is 10.2. The SMILES string of the molecule is CCn1c(=O)/c(=C\Nc2cccc(NC(=O)COCCOC)c2)s/c1=C(/C#N)C(=O)NCC#N. The van der Waals surface area contributed by atoms with E-state index in [1.54, 1.807) is 44.4 Å². The molecule has 0 saturated carbocycles. The summed E-state index contributed by atoms with van der Waals surface area (Å²) in [6.07, 6.45) is 1.47. The predicted octanol–water partition coefficient (Wildman–Crippen LogP) is -0.305. The zero-order valence-corrected chi connectivity index (χ0v) is 19.5. The van der Waals surface area contributed by atoms with Crippen LogP contribution < -0.4 is 30.7 Å². The number of rotatable bonds is 11. The van der Waals surface area contributed by atoms with E-state index in [1.165, 1.54) is 10.8 Å². The number of thiazole rings is 1. The minimum Gasteiger partial charge on any atom is -0.382 e. The number of hydrogen-bond donors (Lipinski definition) is 3. The monoisotopic (exact) mass is 484 g/mol. The fourth-order valence-corrected chi connectivity index (χ4v) is 3.82. The molecule has 2 aromatic rings. The van der Waals surface area contributed by atoms with Crippen molar-refractivity contribution in [3.05, 3.63) is 43.8 Å². The lowest BCUT2D eigenvalue weighted by Crippen LogP contribution is -2.34. The van der Waals surface area contributed by atoms with Crippen LogP contribution in [0.5, 0.6) is 0 Å². The van der Waals surface area contributed by atoms with Gasteiger partial charge in [-0.15, -0.1) is 11.3 Å². The molecule has 11 nitrogen and oxygen atoms in total. The molecule has 0 radical (unpaired) electrons. The zero-order chi connectivity index (χ0) is 24.9. The highest BCUT2D eigenvalue weighted by Gasteiger charge is 2.14. The fourth-order valence-electron chi connectivity index (χ4n) is 2.74. The molecule has 12 heteroatoms. The second-order valence-corrected chi connectivity index (χ2v) is 7.64. The van der Waals surface area contributed by atoms with Gasteiger partial charge in [0, 0.05) is 31.2 Å². The van der Waals surface area contributed by atoms with Crippen LogP contribution in [0.1, 0.15) is 6.92 Å². The highest BCUT2D eigenvalue weighted by molar-refractivity contribution is 7.07. The molecule has 0 atom stereocenters. The number of nitrogens with one attached hydrogen (secondary N) is 3. The average Bonchev–Trinajstić information content (AvgIpc) is 3.14. The zero-order valence-electron chi connectivity index (χ0n) is 18.7. The van der Waals surface area contributed by atoms with E-state index in [9.17, 15) is 19.6 Å². The molecule has 0 fully saturated rings. The Kier molecular flexibility index (Phi) is 10.5.